The number of imide groups is 1. The maximum absolute atomic E-state index is 10.6. The van der Waals surface area contributed by atoms with Crippen LogP contribution in [0.5, 0.6) is 0 Å². The molecule has 1 atom stereocenters. The lowest BCUT2D eigenvalue weighted by Crippen LogP contribution is -2.52. The van der Waals surface area contributed by atoms with Crippen LogP contribution in [0.3, 0.4) is 0 Å². The molecule has 0 aromatic rings. The van der Waals surface area contributed by atoms with Gasteiger partial charge in [-0.15, -0.1) is 0 Å². The minimum Gasteiger partial charge on any atom is -0.336 e. The van der Waals surface area contributed by atoms with Crippen molar-refractivity contribution in [3.63, 3.8) is 0 Å². The third-order valence-electron chi connectivity index (χ3n) is 0.963. The van der Waals surface area contributed by atoms with Crippen molar-refractivity contribution >= 4 is 27.9 Å². The number of nitrogens with one attached hydrogen (secondary N) is 2. The quantitative estimate of drug-likeness (QED) is 0.513. The standard InChI is InChI=1S/C4H5BrN2O2/c5-2-1-6-4(9)7-3(2)8/h2H,1H2,(H2,6,7,8,9)/t2-/m0/s1. The highest BCUT2D eigenvalue weighted by molar-refractivity contribution is 9.10. The van der Waals surface area contributed by atoms with Crippen LogP contribution >= 0.6 is 15.9 Å². The van der Waals surface area contributed by atoms with E-state index in [0.717, 1.165) is 0 Å². The van der Waals surface area contributed by atoms with Crippen LogP contribution in [-0.2, 0) is 4.79 Å². The van der Waals surface area contributed by atoms with Gasteiger partial charge in [0.15, 0.2) is 0 Å². The van der Waals surface area contributed by atoms with E-state index in [2.05, 4.69) is 26.6 Å². The highest BCUT2D eigenvalue weighted by atomic mass is 79.9. The van der Waals surface area contributed by atoms with Crippen LogP contribution in [-0.4, -0.2) is 23.3 Å². The highest BCUT2D eigenvalue weighted by Gasteiger charge is 2.22. The summed E-state index contributed by atoms with van der Waals surface area (Å²) < 4.78 is 0. The molecule has 0 radical (unpaired) electrons. The number of carbonyl (C=O) groups is 2. The lowest BCUT2D eigenvalue weighted by molar-refractivity contribution is -0.119. The fourth-order valence-corrected chi connectivity index (χ4v) is 0.786. The summed E-state index contributed by atoms with van der Waals surface area (Å²) in [6, 6.07) is -0.421. The van der Waals surface area contributed by atoms with Gasteiger partial charge in [-0.2, -0.15) is 0 Å². The van der Waals surface area contributed by atoms with Gasteiger partial charge >= 0.3 is 6.03 Å². The van der Waals surface area contributed by atoms with Crippen molar-refractivity contribution in [2.24, 2.45) is 0 Å². The van der Waals surface area contributed by atoms with Crippen LogP contribution in [0, 0.1) is 0 Å². The normalized spacial score (nSPS) is 27.0. The number of rotatable bonds is 0. The van der Waals surface area contributed by atoms with E-state index in [1.165, 1.54) is 0 Å². The molecule has 1 heterocycles. The largest absolute Gasteiger partial charge is 0.336 e. The Morgan fingerprint density at radius 2 is 2.22 bits per heavy atom. The number of urea groups is 1. The maximum Gasteiger partial charge on any atom is 0.321 e. The average Bonchev–Trinajstić information content (AvgIpc) is 1.80. The maximum atomic E-state index is 10.6. The lowest BCUT2D eigenvalue weighted by atomic mass is 10.3. The number of hydrogen-bond acceptors (Lipinski definition) is 2. The van der Waals surface area contributed by atoms with Crippen molar-refractivity contribution < 1.29 is 9.59 Å². The van der Waals surface area contributed by atoms with E-state index in [1.54, 1.807) is 0 Å². The molecule has 50 valence electrons. The second kappa shape index (κ2) is 2.34. The van der Waals surface area contributed by atoms with Crippen LogP contribution in [0.15, 0.2) is 0 Å². The molecule has 1 saturated heterocycles. The smallest absolute Gasteiger partial charge is 0.321 e. The van der Waals surface area contributed by atoms with Crippen molar-refractivity contribution in [1.82, 2.24) is 10.6 Å². The zero-order valence-electron chi connectivity index (χ0n) is 4.48. The van der Waals surface area contributed by atoms with Gasteiger partial charge in [0.05, 0.1) is 0 Å². The van der Waals surface area contributed by atoms with Crippen LogP contribution in [0.2, 0.25) is 0 Å². The summed E-state index contributed by atoms with van der Waals surface area (Å²) in [6.07, 6.45) is 0. The monoisotopic (exact) mass is 192 g/mol. The molecule has 0 saturated carbocycles. The van der Waals surface area contributed by atoms with Crippen molar-refractivity contribution in [1.29, 1.82) is 0 Å². The molecule has 1 aliphatic rings. The van der Waals surface area contributed by atoms with Crippen molar-refractivity contribution in [3.8, 4) is 0 Å². The van der Waals surface area contributed by atoms with Gasteiger partial charge in [-0.05, 0) is 0 Å². The Hall–Kier alpha value is -0.580. The summed E-state index contributed by atoms with van der Waals surface area (Å²) in [5.41, 5.74) is 0. The Balaban J connectivity index is 2.54. The Bertz CT molecular complexity index is 159. The molecular formula is C4H5BrN2O2. The third kappa shape index (κ3) is 1.41. The molecule has 1 aliphatic heterocycles. The molecule has 2 N–H and O–H groups in total. The first-order chi connectivity index (χ1) is 4.20. The summed E-state index contributed by atoms with van der Waals surface area (Å²) >= 11 is 3.05. The molecule has 0 spiro atoms. The zero-order valence-corrected chi connectivity index (χ0v) is 6.06. The second-order valence-electron chi connectivity index (χ2n) is 1.67. The third-order valence-corrected chi connectivity index (χ3v) is 1.70. The van der Waals surface area contributed by atoms with Gasteiger partial charge < -0.3 is 5.32 Å². The Morgan fingerprint density at radius 3 is 2.67 bits per heavy atom. The van der Waals surface area contributed by atoms with Crippen LogP contribution in [0.1, 0.15) is 0 Å². The first kappa shape index (κ1) is 6.54. The summed E-state index contributed by atoms with van der Waals surface area (Å²) in [5.74, 6) is -0.279. The number of amides is 3. The van der Waals surface area contributed by atoms with Crippen molar-refractivity contribution in [3.05, 3.63) is 0 Å². The summed E-state index contributed by atoms with van der Waals surface area (Å²) in [7, 11) is 0. The van der Waals surface area contributed by atoms with E-state index >= 15 is 0 Å². The van der Waals surface area contributed by atoms with Crippen LogP contribution in [0.4, 0.5) is 4.79 Å². The van der Waals surface area contributed by atoms with Gasteiger partial charge in [-0.25, -0.2) is 4.79 Å². The second-order valence-corrected chi connectivity index (χ2v) is 2.77. The van der Waals surface area contributed by atoms with Gasteiger partial charge in [0.2, 0.25) is 5.91 Å². The molecule has 0 aromatic carbocycles. The molecule has 0 bridgehead atoms. The number of hydrogen-bond donors (Lipinski definition) is 2. The minimum absolute atomic E-state index is 0.279. The predicted octanol–water partition coefficient (Wildman–Crippen LogP) is -0.411. The van der Waals surface area contributed by atoms with E-state index in [9.17, 15) is 9.59 Å². The first-order valence-corrected chi connectivity index (χ1v) is 3.34. The molecule has 4 nitrogen and oxygen atoms in total. The fourth-order valence-electron chi connectivity index (χ4n) is 0.509. The molecule has 0 unspecified atom stereocenters. The number of halogens is 1. The summed E-state index contributed by atoms with van der Waals surface area (Å²) in [4.78, 5) is 20.7. The van der Waals surface area contributed by atoms with E-state index in [-0.39, 0.29) is 10.7 Å². The molecule has 0 aliphatic carbocycles. The predicted molar refractivity (Wildman–Crippen MR) is 34.3 cm³/mol. The molecule has 9 heavy (non-hydrogen) atoms. The Labute approximate surface area is 60.1 Å². The lowest BCUT2D eigenvalue weighted by Gasteiger charge is -2.16. The van der Waals surface area contributed by atoms with E-state index in [4.69, 9.17) is 0 Å². The van der Waals surface area contributed by atoms with Crippen LogP contribution < -0.4 is 10.6 Å². The SMILES string of the molecule is O=C1NC[C@H](Br)C(=O)N1. The first-order valence-electron chi connectivity index (χ1n) is 2.43. The Kier molecular flexibility index (Phi) is 1.70. The van der Waals surface area contributed by atoms with Gasteiger partial charge in [0.25, 0.3) is 0 Å². The molecular weight excluding hydrogens is 188 g/mol. The van der Waals surface area contributed by atoms with Crippen molar-refractivity contribution in [2.45, 2.75) is 4.83 Å². The van der Waals surface area contributed by atoms with Gasteiger partial charge in [-0.3, -0.25) is 10.1 Å². The fraction of sp³-hybridized carbons (Fsp3) is 0.500. The zero-order chi connectivity index (χ0) is 6.85. The molecule has 1 rings (SSSR count). The summed E-state index contributed by atoms with van der Waals surface area (Å²) in [5, 5.41) is 4.54. The minimum atomic E-state index is -0.421. The Morgan fingerprint density at radius 1 is 1.56 bits per heavy atom. The topological polar surface area (TPSA) is 58.2 Å². The highest BCUT2D eigenvalue weighted by Crippen LogP contribution is 2.00. The molecule has 1 fully saturated rings. The van der Waals surface area contributed by atoms with E-state index in [1.807, 2.05) is 0 Å². The molecule has 0 aromatic heterocycles. The van der Waals surface area contributed by atoms with Crippen molar-refractivity contribution in [2.75, 3.05) is 6.54 Å². The summed E-state index contributed by atoms with van der Waals surface area (Å²) in [6.45, 7) is 0.366. The van der Waals surface area contributed by atoms with E-state index in [0.29, 0.717) is 6.54 Å². The van der Waals surface area contributed by atoms with Gasteiger partial charge in [0.1, 0.15) is 4.83 Å². The molecule has 5 heteroatoms. The average molecular weight is 193 g/mol. The number of carbonyl (C=O) groups excluding carboxylic acids is 2. The van der Waals surface area contributed by atoms with Crippen LogP contribution in [0.25, 0.3) is 0 Å². The number of alkyl halides is 1. The van der Waals surface area contributed by atoms with Gasteiger partial charge in [0, 0.05) is 6.54 Å². The van der Waals surface area contributed by atoms with E-state index < -0.39 is 6.03 Å². The molecule has 3 amide bonds. The van der Waals surface area contributed by atoms with Gasteiger partial charge in [-0.1, -0.05) is 15.9 Å².